The zero-order valence-corrected chi connectivity index (χ0v) is 20.4. The van der Waals surface area contributed by atoms with E-state index in [0.717, 1.165) is 42.9 Å². The number of carboxylic acids is 1. The van der Waals surface area contributed by atoms with Crippen LogP contribution in [0.15, 0.2) is 42.5 Å². The predicted octanol–water partition coefficient (Wildman–Crippen LogP) is -1.40. The Hall–Kier alpha value is -2.06. The van der Waals surface area contributed by atoms with Crippen molar-refractivity contribution >= 4 is 17.6 Å². The Balaban J connectivity index is 0.00000240. The van der Waals surface area contributed by atoms with E-state index in [0.29, 0.717) is 5.56 Å². The first-order chi connectivity index (χ1) is 13.9. The summed E-state index contributed by atoms with van der Waals surface area (Å²) in [5, 5.41) is 11.0. The largest absolute Gasteiger partial charge is 1.00 e. The van der Waals surface area contributed by atoms with Crippen LogP contribution in [0.2, 0.25) is 0 Å². The van der Waals surface area contributed by atoms with Gasteiger partial charge in [-0.25, -0.2) is 0 Å². The SMILES string of the molecule is COc1ccc(N2CCCCC2)c(C(C)C(C(N)=O)c2ccc(C(=O)[O-])cc2)c1.O.[Na+]. The number of anilines is 1. The number of aromatic carboxylic acids is 1. The van der Waals surface area contributed by atoms with Gasteiger partial charge in [0.25, 0.3) is 0 Å². The van der Waals surface area contributed by atoms with Crippen LogP contribution in [-0.2, 0) is 4.79 Å². The Morgan fingerprint density at radius 3 is 2.19 bits per heavy atom. The summed E-state index contributed by atoms with van der Waals surface area (Å²) in [4.78, 5) is 25.8. The maximum absolute atomic E-state index is 12.4. The number of primary amides is 1. The Bertz CT molecular complexity index is 882. The Labute approximate surface area is 205 Å². The molecule has 1 saturated heterocycles. The first kappa shape index (κ1) is 27.0. The van der Waals surface area contributed by atoms with Crippen LogP contribution in [0.4, 0.5) is 5.69 Å². The molecule has 1 aliphatic rings. The van der Waals surface area contributed by atoms with E-state index in [2.05, 4.69) is 4.90 Å². The minimum atomic E-state index is -1.25. The molecule has 162 valence electrons. The number of carbonyl (C=O) groups is 2. The molecule has 0 aromatic heterocycles. The quantitative estimate of drug-likeness (QED) is 0.534. The maximum atomic E-state index is 12.4. The van der Waals surface area contributed by atoms with Crippen molar-refractivity contribution in [3.05, 3.63) is 59.2 Å². The van der Waals surface area contributed by atoms with Crippen LogP contribution < -0.4 is 50.0 Å². The fourth-order valence-electron chi connectivity index (χ4n) is 4.15. The van der Waals surface area contributed by atoms with Gasteiger partial charge < -0.3 is 30.7 Å². The molecule has 2 atom stereocenters. The van der Waals surface area contributed by atoms with Gasteiger partial charge in [-0.15, -0.1) is 0 Å². The minimum absolute atomic E-state index is 0. The summed E-state index contributed by atoms with van der Waals surface area (Å²) in [6, 6.07) is 12.1. The van der Waals surface area contributed by atoms with Crippen LogP contribution in [0.1, 0.15) is 59.5 Å². The summed E-state index contributed by atoms with van der Waals surface area (Å²) in [5.74, 6) is -1.79. The number of nitrogens with two attached hydrogens (primary N) is 1. The molecule has 0 radical (unpaired) electrons. The molecule has 2 unspecified atom stereocenters. The molecule has 0 saturated carbocycles. The first-order valence-electron chi connectivity index (χ1n) is 9.96. The number of carbonyl (C=O) groups excluding carboxylic acids is 2. The van der Waals surface area contributed by atoms with E-state index >= 15 is 0 Å². The number of amides is 1. The number of carboxylic acid groups (broad SMARTS) is 1. The fourth-order valence-corrected chi connectivity index (χ4v) is 4.15. The van der Waals surface area contributed by atoms with Gasteiger partial charge >= 0.3 is 29.6 Å². The number of benzene rings is 2. The summed E-state index contributed by atoms with van der Waals surface area (Å²) in [6.45, 7) is 3.94. The monoisotopic (exact) mass is 436 g/mol. The van der Waals surface area contributed by atoms with Crippen LogP contribution in [0.25, 0.3) is 0 Å². The number of hydrogen-bond acceptors (Lipinski definition) is 5. The Morgan fingerprint density at radius 2 is 1.68 bits per heavy atom. The van der Waals surface area contributed by atoms with Crippen molar-refractivity contribution in [2.24, 2.45) is 5.73 Å². The number of ether oxygens (including phenoxy) is 1. The molecule has 2 aromatic rings. The van der Waals surface area contributed by atoms with Gasteiger partial charge in [-0.3, -0.25) is 4.79 Å². The second-order valence-electron chi connectivity index (χ2n) is 7.55. The molecule has 0 bridgehead atoms. The molecule has 31 heavy (non-hydrogen) atoms. The zero-order valence-electron chi connectivity index (χ0n) is 18.4. The molecule has 0 aliphatic carbocycles. The van der Waals surface area contributed by atoms with Crippen LogP contribution >= 0.6 is 0 Å². The smallest absolute Gasteiger partial charge is 0.545 e. The van der Waals surface area contributed by atoms with E-state index in [1.54, 1.807) is 19.2 Å². The summed E-state index contributed by atoms with van der Waals surface area (Å²) in [6.07, 6.45) is 3.51. The Kier molecular flexibility index (Phi) is 10.5. The zero-order chi connectivity index (χ0) is 21.0. The number of nitrogens with zero attached hydrogens (tertiary/aromatic N) is 1. The molecule has 3 rings (SSSR count). The second kappa shape index (κ2) is 12.1. The van der Waals surface area contributed by atoms with E-state index in [4.69, 9.17) is 10.5 Å². The molecular formula is C23H29N2NaO5. The molecule has 2 aromatic carbocycles. The van der Waals surface area contributed by atoms with E-state index in [9.17, 15) is 14.7 Å². The number of piperidine rings is 1. The van der Waals surface area contributed by atoms with E-state index in [1.807, 2.05) is 25.1 Å². The molecule has 7 nitrogen and oxygen atoms in total. The van der Waals surface area contributed by atoms with Gasteiger partial charge in [-0.1, -0.05) is 31.2 Å². The van der Waals surface area contributed by atoms with Gasteiger partial charge in [0, 0.05) is 18.8 Å². The minimum Gasteiger partial charge on any atom is -0.545 e. The third kappa shape index (κ3) is 6.23. The molecule has 1 aliphatic heterocycles. The fraction of sp³-hybridized carbons (Fsp3) is 0.391. The van der Waals surface area contributed by atoms with Crippen molar-refractivity contribution in [2.45, 2.75) is 38.0 Å². The first-order valence-corrected chi connectivity index (χ1v) is 9.96. The summed E-state index contributed by atoms with van der Waals surface area (Å²) in [5.41, 5.74) is 8.64. The van der Waals surface area contributed by atoms with Crippen molar-refractivity contribution in [2.75, 3.05) is 25.1 Å². The molecular weight excluding hydrogens is 407 g/mol. The average molecular weight is 436 g/mol. The predicted molar refractivity (Wildman–Crippen MR) is 114 cm³/mol. The number of hydrogen-bond donors (Lipinski definition) is 1. The van der Waals surface area contributed by atoms with Crippen LogP contribution in [0.3, 0.4) is 0 Å². The van der Waals surface area contributed by atoms with Crippen molar-refractivity contribution in [3.63, 3.8) is 0 Å². The van der Waals surface area contributed by atoms with Gasteiger partial charge in [0.05, 0.1) is 19.0 Å². The third-order valence-electron chi connectivity index (χ3n) is 5.73. The standard InChI is InChI=1S/C23H28N2O4.Na.H2O/c1-15(21(22(24)26)16-6-8-17(9-7-16)23(27)28)19-14-18(29-2)10-11-20(19)25-12-4-3-5-13-25;;/h6-11,14-15,21H,3-5,12-13H2,1-2H3,(H2,24,26)(H,27,28);;1H2/q;+1;/p-1. The summed E-state index contributed by atoms with van der Waals surface area (Å²) < 4.78 is 5.43. The molecule has 1 fully saturated rings. The molecule has 0 spiro atoms. The van der Waals surface area contributed by atoms with Crippen molar-refractivity contribution in [1.82, 2.24) is 0 Å². The molecule has 8 heteroatoms. The molecule has 4 N–H and O–H groups in total. The summed E-state index contributed by atoms with van der Waals surface area (Å²) >= 11 is 0. The molecule has 1 heterocycles. The van der Waals surface area contributed by atoms with Crippen LogP contribution in [-0.4, -0.2) is 37.6 Å². The van der Waals surface area contributed by atoms with E-state index < -0.39 is 17.8 Å². The number of methoxy groups -OCH3 is 1. The summed E-state index contributed by atoms with van der Waals surface area (Å²) in [7, 11) is 1.62. The van der Waals surface area contributed by atoms with Gasteiger partial charge in [-0.05, 0) is 60.1 Å². The van der Waals surface area contributed by atoms with Gasteiger partial charge in [0.15, 0.2) is 0 Å². The third-order valence-corrected chi connectivity index (χ3v) is 5.73. The van der Waals surface area contributed by atoms with Crippen LogP contribution in [0, 0.1) is 0 Å². The van der Waals surface area contributed by atoms with E-state index in [1.165, 1.54) is 18.6 Å². The van der Waals surface area contributed by atoms with Gasteiger partial charge in [0.2, 0.25) is 5.91 Å². The second-order valence-corrected chi connectivity index (χ2v) is 7.55. The molecule has 1 amide bonds. The normalized spacial score (nSPS) is 15.1. The topological polar surface area (TPSA) is 127 Å². The van der Waals surface area contributed by atoms with Crippen LogP contribution in [0.5, 0.6) is 5.75 Å². The van der Waals surface area contributed by atoms with Crippen molar-refractivity contribution < 1.29 is 54.5 Å². The average Bonchev–Trinajstić information content (AvgIpc) is 2.74. The van der Waals surface area contributed by atoms with E-state index in [-0.39, 0.29) is 46.5 Å². The number of rotatable bonds is 7. The Morgan fingerprint density at radius 1 is 1.06 bits per heavy atom. The van der Waals surface area contributed by atoms with Crippen molar-refractivity contribution in [1.29, 1.82) is 0 Å². The van der Waals surface area contributed by atoms with Gasteiger partial charge in [-0.2, -0.15) is 0 Å². The maximum Gasteiger partial charge on any atom is 1.00 e. The van der Waals surface area contributed by atoms with Gasteiger partial charge in [0.1, 0.15) is 5.75 Å². The van der Waals surface area contributed by atoms with Crippen molar-refractivity contribution in [3.8, 4) is 5.75 Å².